The van der Waals surface area contributed by atoms with E-state index in [9.17, 15) is 24.0 Å². The summed E-state index contributed by atoms with van der Waals surface area (Å²) in [5, 5.41) is 15.3. The van der Waals surface area contributed by atoms with Crippen LogP contribution in [0.4, 0.5) is 0 Å². The molecule has 9 N–H and O–H groups in total. The summed E-state index contributed by atoms with van der Waals surface area (Å²) in [6.45, 7) is 14.3. The molecular weight excluding hydrogens is 568 g/mol. The lowest BCUT2D eigenvalue weighted by Gasteiger charge is -2.02. The van der Waals surface area contributed by atoms with Crippen LogP contribution in [0.25, 0.3) is 0 Å². The molecule has 0 aliphatic carbocycles. The van der Waals surface area contributed by atoms with E-state index in [2.05, 4.69) is 48.7 Å². The van der Waals surface area contributed by atoms with Crippen molar-refractivity contribution < 1.29 is 29.1 Å². The summed E-state index contributed by atoms with van der Waals surface area (Å²) >= 11 is 0. The lowest BCUT2D eigenvalue weighted by Crippen LogP contribution is -2.30. The third-order valence-corrected chi connectivity index (χ3v) is 4.72. The molecule has 0 aromatic rings. The minimum absolute atomic E-state index is 0. The monoisotopic (exact) mass is 632 g/mol. The molecule has 0 fully saturated rings. The molecule has 0 bridgehead atoms. The number of carbonyl (C=O) groups is 5. The number of hydrazone groups is 2. The Hall–Kier alpha value is -3.23. The maximum Gasteiger partial charge on any atom is 0.240 e. The predicted molar refractivity (Wildman–Crippen MR) is 179 cm³/mol. The minimum Gasteiger partial charge on any atom is -0.397 e. The molecule has 0 saturated carbocycles. The Morgan fingerprint density at radius 1 is 0.636 bits per heavy atom. The number of aliphatic hydroxyl groups excluding tert-OH is 1. The van der Waals surface area contributed by atoms with Gasteiger partial charge in [0.2, 0.25) is 23.6 Å². The highest BCUT2D eigenvalue weighted by Crippen LogP contribution is 2.01. The van der Waals surface area contributed by atoms with Crippen molar-refractivity contribution in [2.24, 2.45) is 39.6 Å². The average molecular weight is 633 g/mol. The fourth-order valence-corrected chi connectivity index (χ4v) is 2.35. The fourth-order valence-electron chi connectivity index (χ4n) is 2.35. The summed E-state index contributed by atoms with van der Waals surface area (Å²) in [5.41, 5.74) is 8.98. The van der Waals surface area contributed by atoms with Crippen LogP contribution in [-0.2, 0) is 24.0 Å². The van der Waals surface area contributed by atoms with E-state index in [0.717, 1.165) is 19.1 Å². The van der Waals surface area contributed by atoms with Crippen LogP contribution in [0.1, 0.15) is 127 Å². The number of nitrogens with zero attached hydrogens (tertiary/aromatic N) is 2. The Kier molecular flexibility index (Phi) is 45.6. The third kappa shape index (κ3) is 54.8. The Bertz CT molecular complexity index is 706. The van der Waals surface area contributed by atoms with Gasteiger partial charge in [0.15, 0.2) is 0 Å². The molecule has 0 aromatic carbocycles. The largest absolute Gasteiger partial charge is 0.397 e. The average Bonchev–Trinajstić information content (AvgIpc) is 2.94. The Labute approximate surface area is 265 Å². The van der Waals surface area contributed by atoms with Crippen molar-refractivity contribution >= 4 is 42.3 Å². The first-order chi connectivity index (χ1) is 20.3. The fraction of sp³-hybridized carbons (Fsp3) is 0.767. The summed E-state index contributed by atoms with van der Waals surface area (Å²) in [5.74, 6) is 10.6. The Balaban J connectivity index is -0.000000192. The van der Waals surface area contributed by atoms with E-state index in [0.29, 0.717) is 75.5 Å². The molecule has 14 heteroatoms. The molecule has 0 saturated heterocycles. The van der Waals surface area contributed by atoms with Gasteiger partial charge in [-0.15, -0.1) is 0 Å². The molecule has 0 rings (SSSR count). The highest BCUT2D eigenvalue weighted by atomic mass is 16.2. The number of nitrogens with two attached hydrogens (primary N) is 2. The zero-order valence-corrected chi connectivity index (χ0v) is 27.5. The van der Waals surface area contributed by atoms with Crippen LogP contribution < -0.4 is 33.4 Å². The van der Waals surface area contributed by atoms with Crippen molar-refractivity contribution in [3.8, 4) is 0 Å². The van der Waals surface area contributed by atoms with Crippen LogP contribution in [0.15, 0.2) is 10.2 Å². The van der Waals surface area contributed by atoms with Crippen LogP contribution in [0.3, 0.4) is 0 Å². The summed E-state index contributed by atoms with van der Waals surface area (Å²) in [6.07, 6.45) is 10.8. The number of aliphatic hydroxyl groups is 1. The predicted octanol–water partition coefficient (Wildman–Crippen LogP) is 3.24. The summed E-state index contributed by atoms with van der Waals surface area (Å²) < 4.78 is 0. The summed E-state index contributed by atoms with van der Waals surface area (Å²) in [7, 11) is 0. The van der Waals surface area contributed by atoms with E-state index in [1.54, 1.807) is 19.4 Å². The number of unbranched alkanes of at least 4 members (excludes halogenated alkanes) is 2. The van der Waals surface area contributed by atoms with Gasteiger partial charge < -0.3 is 9.90 Å². The van der Waals surface area contributed by atoms with Crippen molar-refractivity contribution in [3.63, 3.8) is 0 Å². The molecule has 14 nitrogen and oxygen atoms in total. The first-order valence-corrected chi connectivity index (χ1v) is 14.9. The number of amides is 4. The maximum absolute atomic E-state index is 11.5. The van der Waals surface area contributed by atoms with Gasteiger partial charge in [0.05, 0.1) is 0 Å². The zero-order valence-electron chi connectivity index (χ0n) is 27.5. The van der Waals surface area contributed by atoms with Gasteiger partial charge in [-0.2, -0.15) is 10.2 Å². The smallest absolute Gasteiger partial charge is 0.240 e. The summed E-state index contributed by atoms with van der Waals surface area (Å²) in [4.78, 5) is 53.7. The van der Waals surface area contributed by atoms with Crippen molar-refractivity contribution in [3.05, 3.63) is 0 Å². The molecule has 0 heterocycles. The van der Waals surface area contributed by atoms with E-state index in [1.165, 1.54) is 0 Å². The topological polar surface area (TPSA) is 230 Å². The van der Waals surface area contributed by atoms with Crippen molar-refractivity contribution in [2.75, 3.05) is 6.61 Å². The Morgan fingerprint density at radius 2 is 0.909 bits per heavy atom. The SMILES string of the molecule is C.CC(C)C/C=N/NC(=O)CCCCC(=O)N/N=C/CC(C)C.CC(C)CC=O.CCO.NNC(=O)CCCCC(=O)NN. The van der Waals surface area contributed by atoms with Crippen LogP contribution in [0.2, 0.25) is 0 Å². The second-order valence-corrected chi connectivity index (χ2v) is 10.6. The van der Waals surface area contributed by atoms with Gasteiger partial charge in [-0.05, 0) is 63.2 Å². The molecular formula is C30H64N8O6. The number of hydrogen-bond donors (Lipinski definition) is 7. The molecule has 4 amide bonds. The lowest BCUT2D eigenvalue weighted by molar-refractivity contribution is -0.123. The standard InChI is InChI=1S/C16H30N4O2.C6H14N4O2.C5H10O.C2H6O.CH4/c1-13(2)9-11-17-19-15(21)7-5-6-8-16(22)20-18-12-10-14(3)4;7-9-5(11)3-1-2-4-6(12)10-8;1-5(2)3-4-6;1-2-3;/h11-14H,5-10H2,1-4H3,(H,19,21)(H,20,22);1-4,7-8H2,(H,9,11)(H,10,12);4-5H,3H2,1-2H3;3H,2H2,1H3;1H4/b17-11+,18-12+;;;;. The molecule has 0 unspecified atom stereocenters. The van der Waals surface area contributed by atoms with Gasteiger partial charge in [-0.25, -0.2) is 22.5 Å². The minimum atomic E-state index is -0.219. The van der Waals surface area contributed by atoms with Crippen molar-refractivity contribution in [1.82, 2.24) is 21.7 Å². The number of nitrogens with one attached hydrogen (secondary N) is 4. The van der Waals surface area contributed by atoms with Crippen molar-refractivity contribution in [1.29, 1.82) is 0 Å². The maximum atomic E-state index is 11.5. The van der Waals surface area contributed by atoms with Crippen LogP contribution in [0.5, 0.6) is 0 Å². The second kappa shape index (κ2) is 39.8. The van der Waals surface area contributed by atoms with E-state index in [4.69, 9.17) is 16.8 Å². The zero-order chi connectivity index (χ0) is 33.9. The molecule has 0 aromatic heterocycles. The van der Waals surface area contributed by atoms with E-state index < -0.39 is 0 Å². The van der Waals surface area contributed by atoms with Crippen molar-refractivity contribution in [2.45, 2.75) is 127 Å². The van der Waals surface area contributed by atoms with Gasteiger partial charge in [0.1, 0.15) is 6.29 Å². The highest BCUT2D eigenvalue weighted by Gasteiger charge is 2.03. The molecule has 0 aliphatic rings. The number of aldehydes is 1. The van der Waals surface area contributed by atoms with Crippen LogP contribution >= 0.6 is 0 Å². The van der Waals surface area contributed by atoms with Gasteiger partial charge in [0.25, 0.3) is 0 Å². The van der Waals surface area contributed by atoms with Gasteiger partial charge in [-0.1, -0.05) is 49.0 Å². The summed E-state index contributed by atoms with van der Waals surface area (Å²) in [6, 6.07) is 0. The molecule has 260 valence electrons. The number of carbonyl (C=O) groups excluding carboxylic acids is 5. The Morgan fingerprint density at radius 3 is 1.11 bits per heavy atom. The van der Waals surface area contributed by atoms with Gasteiger partial charge >= 0.3 is 0 Å². The first kappa shape index (κ1) is 50.4. The normalized spacial score (nSPS) is 10.0. The van der Waals surface area contributed by atoms with E-state index >= 15 is 0 Å². The third-order valence-electron chi connectivity index (χ3n) is 4.72. The molecule has 0 atom stereocenters. The highest BCUT2D eigenvalue weighted by molar-refractivity contribution is 5.78. The van der Waals surface area contributed by atoms with E-state index in [-0.39, 0.29) is 37.7 Å². The van der Waals surface area contributed by atoms with Gasteiger partial charge in [-0.3, -0.25) is 30.0 Å². The van der Waals surface area contributed by atoms with Crippen LogP contribution in [0, 0.1) is 17.8 Å². The molecule has 0 radical (unpaired) electrons. The number of rotatable bonds is 18. The quantitative estimate of drug-likeness (QED) is 0.0295. The molecule has 0 spiro atoms. The lowest BCUT2D eigenvalue weighted by atomic mass is 10.1. The molecule has 0 aliphatic heterocycles. The first-order valence-electron chi connectivity index (χ1n) is 14.9. The van der Waals surface area contributed by atoms with E-state index in [1.807, 2.05) is 24.7 Å². The van der Waals surface area contributed by atoms with Crippen LogP contribution in [-0.4, -0.2) is 54.1 Å². The van der Waals surface area contributed by atoms with Gasteiger partial charge in [0, 0.05) is 51.1 Å². The number of hydrazine groups is 2. The number of hydrogen-bond acceptors (Lipinski definition) is 10. The second-order valence-electron chi connectivity index (χ2n) is 10.6. The molecule has 44 heavy (non-hydrogen) atoms.